The second kappa shape index (κ2) is 7.05. The van der Waals surface area contributed by atoms with Gasteiger partial charge >= 0.3 is 0 Å². The molecule has 2 aromatic rings. The molecule has 2 N–H and O–H groups in total. The van der Waals surface area contributed by atoms with E-state index in [-0.39, 0.29) is 13.2 Å². The van der Waals surface area contributed by atoms with Crippen molar-refractivity contribution in [1.29, 1.82) is 0 Å². The van der Waals surface area contributed by atoms with Crippen LogP contribution in [0.2, 0.25) is 0 Å². The first-order valence-electron chi connectivity index (χ1n) is 6.77. The van der Waals surface area contributed by atoms with Crippen LogP contribution in [-0.2, 0) is 6.42 Å². The van der Waals surface area contributed by atoms with Crippen molar-refractivity contribution in [2.45, 2.75) is 26.2 Å². The second-order valence-electron chi connectivity index (χ2n) is 4.60. The fraction of sp³-hybridized carbons (Fsp3) is 0.400. The van der Waals surface area contributed by atoms with Crippen LogP contribution in [0.3, 0.4) is 0 Å². The van der Waals surface area contributed by atoms with Crippen LogP contribution in [0.25, 0.3) is 11.1 Å². The summed E-state index contributed by atoms with van der Waals surface area (Å²) in [6, 6.07) is 5.40. The van der Waals surface area contributed by atoms with Crippen molar-refractivity contribution < 1.29 is 13.5 Å². The smallest absolute Gasteiger partial charge is 0.195 e. The molecule has 4 nitrogen and oxygen atoms in total. The topological polar surface area (TPSA) is 61.3 Å². The molecule has 5 heteroatoms. The van der Waals surface area contributed by atoms with Gasteiger partial charge in [0.15, 0.2) is 11.5 Å². The standard InChI is InChI=1S/C15H19FN2O2/c1-2-3-4-15-18-13-6-5-12(7-14(13)20-15)19-10-11(8-16)9-17/h5-8H,2-4,9-10,17H2,1H3/b11-8-. The van der Waals surface area contributed by atoms with Crippen LogP contribution in [-0.4, -0.2) is 18.1 Å². The highest BCUT2D eigenvalue weighted by Crippen LogP contribution is 2.22. The number of hydrogen-bond donors (Lipinski definition) is 1. The van der Waals surface area contributed by atoms with E-state index in [0.29, 0.717) is 23.2 Å². The zero-order valence-electron chi connectivity index (χ0n) is 11.6. The summed E-state index contributed by atoms with van der Waals surface area (Å²) in [5.74, 6) is 1.36. The lowest BCUT2D eigenvalue weighted by molar-refractivity contribution is 0.347. The van der Waals surface area contributed by atoms with E-state index in [1.54, 1.807) is 12.1 Å². The van der Waals surface area contributed by atoms with Crippen LogP contribution >= 0.6 is 0 Å². The minimum atomic E-state index is 0.134. The Balaban J connectivity index is 2.08. The highest BCUT2D eigenvalue weighted by molar-refractivity contribution is 5.74. The zero-order chi connectivity index (χ0) is 14.4. The number of aryl methyl sites for hydroxylation is 1. The average Bonchev–Trinajstić information content (AvgIpc) is 2.88. The molecule has 0 fully saturated rings. The summed E-state index contributed by atoms with van der Waals surface area (Å²) < 4.78 is 23.5. The van der Waals surface area contributed by atoms with Gasteiger partial charge in [0.1, 0.15) is 17.9 Å². The lowest BCUT2D eigenvalue weighted by Crippen LogP contribution is -2.10. The molecule has 0 saturated heterocycles. The summed E-state index contributed by atoms with van der Waals surface area (Å²) in [6.45, 7) is 2.40. The van der Waals surface area contributed by atoms with Crippen molar-refractivity contribution in [3.8, 4) is 5.75 Å². The second-order valence-corrected chi connectivity index (χ2v) is 4.60. The quantitative estimate of drug-likeness (QED) is 0.843. The van der Waals surface area contributed by atoms with Gasteiger partial charge in [-0.3, -0.25) is 0 Å². The first-order valence-corrected chi connectivity index (χ1v) is 6.77. The van der Waals surface area contributed by atoms with Gasteiger partial charge in [0, 0.05) is 24.6 Å². The molecule has 1 heterocycles. The molecule has 1 aromatic heterocycles. The van der Waals surface area contributed by atoms with Gasteiger partial charge in [-0.15, -0.1) is 0 Å². The van der Waals surface area contributed by atoms with Crippen molar-refractivity contribution in [1.82, 2.24) is 4.98 Å². The molecule has 2 rings (SSSR count). The molecule has 0 amide bonds. The molecule has 1 aromatic carbocycles. The van der Waals surface area contributed by atoms with E-state index in [0.717, 1.165) is 30.7 Å². The molecule has 0 radical (unpaired) electrons. The highest BCUT2D eigenvalue weighted by atomic mass is 19.1. The normalized spacial score (nSPS) is 12.1. The van der Waals surface area contributed by atoms with Crippen molar-refractivity contribution in [2.75, 3.05) is 13.2 Å². The van der Waals surface area contributed by atoms with Gasteiger partial charge in [0.25, 0.3) is 0 Å². The molecule has 0 atom stereocenters. The maximum absolute atomic E-state index is 12.4. The lowest BCUT2D eigenvalue weighted by Gasteiger charge is -2.06. The molecule has 20 heavy (non-hydrogen) atoms. The molecule has 0 aliphatic carbocycles. The molecule has 0 aliphatic heterocycles. The van der Waals surface area contributed by atoms with E-state index in [4.69, 9.17) is 14.9 Å². The van der Waals surface area contributed by atoms with E-state index < -0.39 is 0 Å². The predicted octanol–water partition coefficient (Wildman–Crippen LogP) is 3.36. The Labute approximate surface area is 117 Å². The van der Waals surface area contributed by atoms with Gasteiger partial charge in [-0.25, -0.2) is 9.37 Å². The van der Waals surface area contributed by atoms with Crippen LogP contribution < -0.4 is 10.5 Å². The maximum Gasteiger partial charge on any atom is 0.195 e. The minimum Gasteiger partial charge on any atom is -0.489 e. The predicted molar refractivity (Wildman–Crippen MR) is 76.4 cm³/mol. The molecule has 0 unspecified atom stereocenters. The first kappa shape index (κ1) is 14.5. The number of halogens is 1. The summed E-state index contributed by atoms with van der Waals surface area (Å²) >= 11 is 0. The number of rotatable bonds is 7. The Kier molecular flexibility index (Phi) is 5.12. The van der Waals surface area contributed by atoms with Crippen LogP contribution in [0.15, 0.2) is 34.5 Å². The van der Waals surface area contributed by atoms with Crippen molar-refractivity contribution in [3.05, 3.63) is 36.0 Å². The Morgan fingerprint density at radius 1 is 1.50 bits per heavy atom. The summed E-state index contributed by atoms with van der Waals surface area (Å²) in [6.07, 6.45) is 3.47. The number of nitrogens with zero attached hydrogens (tertiary/aromatic N) is 1. The van der Waals surface area contributed by atoms with Crippen molar-refractivity contribution in [2.24, 2.45) is 5.73 Å². The van der Waals surface area contributed by atoms with E-state index in [1.807, 2.05) is 6.07 Å². The highest BCUT2D eigenvalue weighted by Gasteiger charge is 2.07. The van der Waals surface area contributed by atoms with Gasteiger partial charge in [0.05, 0.1) is 6.33 Å². The van der Waals surface area contributed by atoms with Crippen molar-refractivity contribution >= 4 is 11.1 Å². The third kappa shape index (κ3) is 3.57. The van der Waals surface area contributed by atoms with Crippen LogP contribution in [0.4, 0.5) is 4.39 Å². The Bertz CT molecular complexity index is 593. The van der Waals surface area contributed by atoms with Gasteiger partial charge in [-0.1, -0.05) is 13.3 Å². The molecular weight excluding hydrogens is 259 g/mol. The summed E-state index contributed by atoms with van der Waals surface area (Å²) in [7, 11) is 0. The third-order valence-electron chi connectivity index (χ3n) is 2.99. The van der Waals surface area contributed by atoms with E-state index in [1.165, 1.54) is 0 Å². The number of benzene rings is 1. The van der Waals surface area contributed by atoms with Crippen molar-refractivity contribution in [3.63, 3.8) is 0 Å². The summed E-state index contributed by atoms with van der Waals surface area (Å²) in [4.78, 5) is 4.41. The summed E-state index contributed by atoms with van der Waals surface area (Å²) in [5, 5.41) is 0. The number of oxazole rings is 1. The molecule has 0 spiro atoms. The van der Waals surface area contributed by atoms with Crippen LogP contribution in [0, 0.1) is 0 Å². The SMILES string of the molecule is CCCCc1nc2ccc(OC/C(=C\F)CN)cc2o1. The summed E-state index contributed by atoms with van der Waals surface area (Å²) in [5.41, 5.74) is 7.28. The van der Waals surface area contributed by atoms with Crippen LogP contribution in [0.1, 0.15) is 25.7 Å². The number of hydrogen-bond acceptors (Lipinski definition) is 4. The number of aromatic nitrogens is 1. The molecule has 0 saturated carbocycles. The number of unbranched alkanes of at least 4 members (excludes halogenated alkanes) is 1. The first-order chi connectivity index (χ1) is 9.76. The molecular formula is C15H19FN2O2. The number of nitrogens with two attached hydrogens (primary N) is 1. The Morgan fingerprint density at radius 3 is 3.05 bits per heavy atom. The third-order valence-corrected chi connectivity index (χ3v) is 2.99. The minimum absolute atomic E-state index is 0.134. The monoisotopic (exact) mass is 278 g/mol. The van der Waals surface area contributed by atoms with E-state index in [2.05, 4.69) is 11.9 Å². The van der Waals surface area contributed by atoms with Gasteiger partial charge in [-0.2, -0.15) is 0 Å². The number of ether oxygens (including phenoxy) is 1. The van der Waals surface area contributed by atoms with E-state index >= 15 is 0 Å². The maximum atomic E-state index is 12.4. The Hall–Kier alpha value is -1.88. The van der Waals surface area contributed by atoms with Gasteiger partial charge in [-0.05, 0) is 18.6 Å². The lowest BCUT2D eigenvalue weighted by atomic mass is 10.2. The molecule has 0 aliphatic rings. The fourth-order valence-corrected chi connectivity index (χ4v) is 1.79. The van der Waals surface area contributed by atoms with E-state index in [9.17, 15) is 4.39 Å². The largest absolute Gasteiger partial charge is 0.489 e. The molecule has 0 bridgehead atoms. The zero-order valence-corrected chi connectivity index (χ0v) is 11.6. The fourth-order valence-electron chi connectivity index (χ4n) is 1.79. The van der Waals surface area contributed by atoms with Gasteiger partial charge < -0.3 is 14.9 Å². The number of fused-ring (bicyclic) bond motifs is 1. The van der Waals surface area contributed by atoms with Crippen LogP contribution in [0.5, 0.6) is 5.75 Å². The Morgan fingerprint density at radius 2 is 2.35 bits per heavy atom. The van der Waals surface area contributed by atoms with Gasteiger partial charge in [0.2, 0.25) is 0 Å². The average molecular weight is 278 g/mol. The molecule has 108 valence electrons.